The summed E-state index contributed by atoms with van der Waals surface area (Å²) >= 11 is 0. The van der Waals surface area contributed by atoms with E-state index in [4.69, 9.17) is 13.9 Å². The van der Waals surface area contributed by atoms with Gasteiger partial charge in [-0.25, -0.2) is 0 Å². The summed E-state index contributed by atoms with van der Waals surface area (Å²) in [5.74, 6) is 1.63. The Hall–Kier alpha value is -2.61. The average Bonchev–Trinajstić information content (AvgIpc) is 3.19. The van der Waals surface area contributed by atoms with Crippen LogP contribution < -0.4 is 15.0 Å². The summed E-state index contributed by atoms with van der Waals surface area (Å²) in [6.45, 7) is 8.62. The molecule has 1 amide bonds. The van der Waals surface area contributed by atoms with Gasteiger partial charge in [0.15, 0.2) is 0 Å². The van der Waals surface area contributed by atoms with E-state index in [-0.39, 0.29) is 17.9 Å². The summed E-state index contributed by atoms with van der Waals surface area (Å²) in [7, 11) is 1.63. The molecular weight excluding hydrogens is 348 g/mol. The number of nitrogens with zero attached hydrogens (tertiary/aromatic N) is 3. The van der Waals surface area contributed by atoms with Crippen molar-refractivity contribution in [2.75, 3.05) is 38.3 Å². The average molecular weight is 374 g/mol. The predicted molar refractivity (Wildman–Crippen MR) is 100 cm³/mol. The Morgan fingerprint density at radius 3 is 2.52 bits per heavy atom. The molecule has 1 aromatic heterocycles. The molecular formula is C19H26N4O4. The molecule has 0 spiro atoms. The fraction of sp³-hybridized carbons (Fsp3) is 0.526. The van der Waals surface area contributed by atoms with E-state index in [0.29, 0.717) is 30.6 Å². The van der Waals surface area contributed by atoms with Gasteiger partial charge in [0.05, 0.1) is 26.0 Å². The number of anilines is 1. The molecule has 1 atom stereocenters. The van der Waals surface area contributed by atoms with Crippen LogP contribution in [0.5, 0.6) is 5.75 Å². The molecule has 0 unspecified atom stereocenters. The van der Waals surface area contributed by atoms with Crippen LogP contribution in [0.1, 0.15) is 54.9 Å². The molecule has 1 saturated heterocycles. The van der Waals surface area contributed by atoms with Gasteiger partial charge in [-0.2, -0.15) is 0 Å². The molecule has 8 heteroatoms. The van der Waals surface area contributed by atoms with Crippen LogP contribution in [0.3, 0.4) is 0 Å². The van der Waals surface area contributed by atoms with E-state index >= 15 is 0 Å². The number of carbonyl (C=O) groups is 1. The highest BCUT2D eigenvalue weighted by Gasteiger charge is 2.21. The van der Waals surface area contributed by atoms with E-state index in [1.54, 1.807) is 13.2 Å². The number of hydrogen-bond donors (Lipinski definition) is 1. The van der Waals surface area contributed by atoms with Gasteiger partial charge >= 0.3 is 0 Å². The number of ether oxygens (including phenoxy) is 2. The quantitative estimate of drug-likeness (QED) is 0.831. The lowest BCUT2D eigenvalue weighted by Gasteiger charge is -2.30. The first-order valence-electron chi connectivity index (χ1n) is 9.14. The smallest absolute Gasteiger partial charge is 0.251 e. The molecule has 1 N–H and O–H groups in total. The van der Waals surface area contributed by atoms with Crippen molar-refractivity contribution < 1.29 is 18.7 Å². The van der Waals surface area contributed by atoms with Crippen molar-refractivity contribution in [3.05, 3.63) is 35.5 Å². The molecule has 27 heavy (non-hydrogen) atoms. The Morgan fingerprint density at radius 1 is 1.19 bits per heavy atom. The van der Waals surface area contributed by atoms with Gasteiger partial charge in [-0.3, -0.25) is 4.79 Å². The molecule has 1 fully saturated rings. The van der Waals surface area contributed by atoms with Crippen molar-refractivity contribution in [2.24, 2.45) is 0 Å². The van der Waals surface area contributed by atoms with Crippen LogP contribution in [0.15, 0.2) is 22.6 Å². The highest BCUT2D eigenvalue weighted by atomic mass is 16.5. The fourth-order valence-electron chi connectivity index (χ4n) is 2.88. The van der Waals surface area contributed by atoms with Crippen LogP contribution in [0.4, 0.5) is 5.69 Å². The number of hydrogen-bond acceptors (Lipinski definition) is 7. The van der Waals surface area contributed by atoms with E-state index in [2.05, 4.69) is 20.4 Å². The summed E-state index contributed by atoms with van der Waals surface area (Å²) in [5, 5.41) is 11.0. The lowest BCUT2D eigenvalue weighted by molar-refractivity contribution is 0.0933. The predicted octanol–water partition coefficient (Wildman–Crippen LogP) is 2.53. The summed E-state index contributed by atoms with van der Waals surface area (Å²) in [5.41, 5.74) is 1.44. The topological polar surface area (TPSA) is 89.7 Å². The van der Waals surface area contributed by atoms with Gasteiger partial charge in [0.2, 0.25) is 11.8 Å². The monoisotopic (exact) mass is 374 g/mol. The van der Waals surface area contributed by atoms with E-state index < -0.39 is 0 Å². The zero-order valence-corrected chi connectivity index (χ0v) is 16.2. The van der Waals surface area contributed by atoms with E-state index in [1.165, 1.54) is 0 Å². The van der Waals surface area contributed by atoms with E-state index in [9.17, 15) is 4.79 Å². The lowest BCUT2D eigenvalue weighted by atomic mass is 10.1. The zero-order chi connectivity index (χ0) is 19.4. The molecule has 8 nitrogen and oxygen atoms in total. The molecule has 0 saturated carbocycles. The Labute approximate surface area is 158 Å². The molecule has 0 aliphatic carbocycles. The van der Waals surface area contributed by atoms with Crippen LogP contribution in [-0.2, 0) is 4.74 Å². The maximum Gasteiger partial charge on any atom is 0.251 e. The Morgan fingerprint density at radius 2 is 1.89 bits per heavy atom. The molecule has 146 valence electrons. The Bertz CT molecular complexity index is 784. The Kier molecular flexibility index (Phi) is 5.95. The molecule has 1 aliphatic rings. The third-order valence-electron chi connectivity index (χ3n) is 4.46. The maximum absolute atomic E-state index is 12.7. The van der Waals surface area contributed by atoms with Gasteiger partial charge in [0, 0.05) is 24.6 Å². The van der Waals surface area contributed by atoms with E-state index in [1.807, 2.05) is 32.9 Å². The number of amides is 1. The van der Waals surface area contributed by atoms with E-state index in [0.717, 1.165) is 24.5 Å². The van der Waals surface area contributed by atoms with Crippen molar-refractivity contribution in [1.29, 1.82) is 0 Å². The first kappa shape index (κ1) is 19.2. The van der Waals surface area contributed by atoms with Crippen molar-refractivity contribution in [1.82, 2.24) is 15.5 Å². The van der Waals surface area contributed by atoms with Gasteiger partial charge in [0.1, 0.15) is 11.8 Å². The van der Waals surface area contributed by atoms with Crippen LogP contribution in [-0.4, -0.2) is 49.5 Å². The molecule has 2 aromatic rings. The lowest BCUT2D eigenvalue weighted by Crippen LogP contribution is -2.36. The summed E-state index contributed by atoms with van der Waals surface area (Å²) in [6.07, 6.45) is 0. The maximum atomic E-state index is 12.7. The molecule has 1 aromatic carbocycles. The highest BCUT2D eigenvalue weighted by molar-refractivity contribution is 5.95. The summed E-state index contributed by atoms with van der Waals surface area (Å²) in [4.78, 5) is 14.9. The minimum Gasteiger partial charge on any atom is -0.495 e. The first-order valence-corrected chi connectivity index (χ1v) is 9.14. The van der Waals surface area contributed by atoms with Gasteiger partial charge in [-0.15, -0.1) is 10.2 Å². The second-order valence-corrected chi connectivity index (χ2v) is 6.81. The number of methoxy groups -OCH3 is 1. The van der Waals surface area contributed by atoms with Crippen LogP contribution in [0, 0.1) is 0 Å². The van der Waals surface area contributed by atoms with Gasteiger partial charge in [0.25, 0.3) is 5.91 Å². The van der Waals surface area contributed by atoms with Gasteiger partial charge in [-0.1, -0.05) is 13.8 Å². The normalized spacial score (nSPS) is 15.7. The summed E-state index contributed by atoms with van der Waals surface area (Å²) < 4.78 is 16.5. The van der Waals surface area contributed by atoms with Crippen molar-refractivity contribution in [2.45, 2.75) is 32.7 Å². The minimum absolute atomic E-state index is 0.145. The van der Waals surface area contributed by atoms with Crippen molar-refractivity contribution in [3.63, 3.8) is 0 Å². The molecule has 1 aliphatic heterocycles. The van der Waals surface area contributed by atoms with Crippen LogP contribution in [0.2, 0.25) is 0 Å². The van der Waals surface area contributed by atoms with Crippen molar-refractivity contribution in [3.8, 4) is 5.75 Å². The van der Waals surface area contributed by atoms with Crippen LogP contribution >= 0.6 is 0 Å². The third-order valence-corrected chi connectivity index (χ3v) is 4.46. The minimum atomic E-state index is -0.383. The second kappa shape index (κ2) is 8.39. The van der Waals surface area contributed by atoms with Gasteiger partial charge in [-0.05, 0) is 25.1 Å². The molecule has 2 heterocycles. The van der Waals surface area contributed by atoms with Crippen LogP contribution in [0.25, 0.3) is 0 Å². The van der Waals surface area contributed by atoms with Crippen molar-refractivity contribution >= 4 is 11.6 Å². The second-order valence-electron chi connectivity index (χ2n) is 6.81. The highest BCUT2D eigenvalue weighted by Crippen LogP contribution is 2.30. The standard InChI is InChI=1S/C19H26N4O4/c1-12(2)18-21-22-19(27-18)13(3)20-17(24)14-5-6-16(25-4)15(11-14)23-7-9-26-10-8-23/h5-6,11-13H,7-10H2,1-4H3,(H,20,24)/t13-/m1/s1. The van der Waals surface area contributed by atoms with Gasteiger partial charge < -0.3 is 24.1 Å². The zero-order valence-electron chi connectivity index (χ0n) is 16.2. The molecule has 0 radical (unpaired) electrons. The number of carbonyl (C=O) groups excluding carboxylic acids is 1. The number of benzene rings is 1. The number of morpholine rings is 1. The number of rotatable bonds is 6. The Balaban J connectivity index is 1.75. The largest absolute Gasteiger partial charge is 0.495 e. The molecule has 3 rings (SSSR count). The molecule has 0 bridgehead atoms. The SMILES string of the molecule is COc1ccc(C(=O)N[C@H](C)c2nnc(C(C)C)o2)cc1N1CCOCC1. The fourth-order valence-corrected chi connectivity index (χ4v) is 2.88. The summed E-state index contributed by atoms with van der Waals surface area (Å²) in [6, 6.07) is 5.03. The third kappa shape index (κ3) is 4.39. The number of aromatic nitrogens is 2. The first-order chi connectivity index (χ1) is 13.0. The number of nitrogens with one attached hydrogen (secondary N) is 1.